The van der Waals surface area contributed by atoms with Crippen LogP contribution in [0.15, 0.2) is 108 Å². The third-order valence-electron chi connectivity index (χ3n) is 7.04. The van der Waals surface area contributed by atoms with Gasteiger partial charge in [0.2, 0.25) is 0 Å². The van der Waals surface area contributed by atoms with E-state index >= 15 is 0 Å². The second kappa shape index (κ2) is 8.12. The standard InChI is InChI=1S/C33H19N3O/c34-19-22-13-21(14-23(15-22)20-35)16-24-17-28-27-9-3-6-12-32(27)37-33(28)18-31(24)36-29-10-4-1-7-25(29)26-8-2-5-11-30(26)36/h1-15,17-18H,16H2. The molecule has 0 spiro atoms. The van der Waals surface area contributed by atoms with Gasteiger partial charge < -0.3 is 8.98 Å². The summed E-state index contributed by atoms with van der Waals surface area (Å²) in [5, 5.41) is 23.6. The van der Waals surface area contributed by atoms with Gasteiger partial charge in [-0.05, 0) is 60.0 Å². The van der Waals surface area contributed by atoms with Gasteiger partial charge in [-0.15, -0.1) is 0 Å². The van der Waals surface area contributed by atoms with Crippen LogP contribution in [0.25, 0.3) is 49.4 Å². The van der Waals surface area contributed by atoms with Crippen LogP contribution >= 0.6 is 0 Å². The summed E-state index contributed by atoms with van der Waals surface area (Å²) >= 11 is 0. The fourth-order valence-electron chi connectivity index (χ4n) is 5.48. The summed E-state index contributed by atoms with van der Waals surface area (Å²) in [7, 11) is 0. The molecule has 0 saturated heterocycles. The maximum atomic E-state index is 9.55. The molecule has 0 aliphatic rings. The van der Waals surface area contributed by atoms with E-state index in [1.54, 1.807) is 6.07 Å². The maximum absolute atomic E-state index is 9.55. The van der Waals surface area contributed by atoms with Crippen LogP contribution in [0.2, 0.25) is 0 Å². The molecular weight excluding hydrogens is 454 g/mol. The lowest BCUT2D eigenvalue weighted by Crippen LogP contribution is -2.01. The van der Waals surface area contributed by atoms with Crippen LogP contribution in [0.3, 0.4) is 0 Å². The smallest absolute Gasteiger partial charge is 0.137 e. The van der Waals surface area contributed by atoms with Crippen molar-refractivity contribution in [2.75, 3.05) is 0 Å². The third kappa shape index (κ3) is 3.28. The zero-order valence-corrected chi connectivity index (χ0v) is 19.8. The van der Waals surface area contributed by atoms with Gasteiger partial charge in [-0.25, -0.2) is 0 Å². The average molecular weight is 474 g/mol. The van der Waals surface area contributed by atoms with Gasteiger partial charge in [0.1, 0.15) is 11.2 Å². The van der Waals surface area contributed by atoms with E-state index in [-0.39, 0.29) is 0 Å². The third-order valence-corrected chi connectivity index (χ3v) is 7.04. The first-order chi connectivity index (χ1) is 18.2. The van der Waals surface area contributed by atoms with Crippen molar-refractivity contribution in [2.24, 2.45) is 0 Å². The summed E-state index contributed by atoms with van der Waals surface area (Å²) in [4.78, 5) is 0. The highest BCUT2D eigenvalue weighted by Crippen LogP contribution is 2.37. The van der Waals surface area contributed by atoms with Crippen LogP contribution in [0.5, 0.6) is 0 Å². The van der Waals surface area contributed by atoms with Gasteiger partial charge in [-0.3, -0.25) is 0 Å². The van der Waals surface area contributed by atoms with Crippen LogP contribution in [0.1, 0.15) is 22.3 Å². The van der Waals surface area contributed by atoms with Gasteiger partial charge in [0.25, 0.3) is 0 Å². The van der Waals surface area contributed by atoms with E-state index in [2.05, 4.69) is 83.4 Å². The van der Waals surface area contributed by atoms with E-state index < -0.39 is 0 Å². The Morgan fingerprint density at radius 2 is 1.19 bits per heavy atom. The van der Waals surface area contributed by atoms with Crippen molar-refractivity contribution in [3.8, 4) is 17.8 Å². The highest BCUT2D eigenvalue weighted by Gasteiger charge is 2.18. The molecule has 172 valence electrons. The highest BCUT2D eigenvalue weighted by atomic mass is 16.3. The van der Waals surface area contributed by atoms with Crippen molar-refractivity contribution in [2.45, 2.75) is 6.42 Å². The number of para-hydroxylation sites is 3. The van der Waals surface area contributed by atoms with Gasteiger partial charge in [0.05, 0.1) is 40.0 Å². The lowest BCUT2D eigenvalue weighted by molar-refractivity contribution is 0.668. The number of hydrogen-bond donors (Lipinski definition) is 0. The van der Waals surface area contributed by atoms with E-state index in [9.17, 15) is 10.5 Å². The van der Waals surface area contributed by atoms with Crippen molar-refractivity contribution in [1.82, 2.24) is 4.57 Å². The Morgan fingerprint density at radius 1 is 0.595 bits per heavy atom. The van der Waals surface area contributed by atoms with Gasteiger partial charge in [0.15, 0.2) is 0 Å². The van der Waals surface area contributed by atoms with Crippen LogP contribution in [0.4, 0.5) is 0 Å². The molecule has 0 unspecified atom stereocenters. The van der Waals surface area contributed by atoms with E-state index in [0.29, 0.717) is 17.5 Å². The lowest BCUT2D eigenvalue weighted by atomic mass is 9.97. The SMILES string of the molecule is N#Cc1cc(C#N)cc(Cc2cc3c(cc2-n2c4ccccc4c4ccccc42)oc2ccccc23)c1. The number of nitriles is 2. The minimum Gasteiger partial charge on any atom is -0.456 e. The molecular formula is C33H19N3O. The molecule has 0 aliphatic heterocycles. The molecule has 5 aromatic carbocycles. The molecule has 37 heavy (non-hydrogen) atoms. The Morgan fingerprint density at radius 3 is 1.84 bits per heavy atom. The maximum Gasteiger partial charge on any atom is 0.137 e. The summed E-state index contributed by atoms with van der Waals surface area (Å²) in [6.07, 6.45) is 0.565. The second-order valence-corrected chi connectivity index (χ2v) is 9.26. The Kier molecular flexibility index (Phi) is 4.61. The number of fused-ring (bicyclic) bond motifs is 6. The first-order valence-electron chi connectivity index (χ1n) is 12.1. The number of benzene rings is 5. The zero-order chi connectivity index (χ0) is 24.9. The molecule has 0 bridgehead atoms. The minimum absolute atomic E-state index is 0.488. The molecule has 2 heterocycles. The van der Waals surface area contributed by atoms with E-state index in [0.717, 1.165) is 49.8 Å². The van der Waals surface area contributed by atoms with Crippen LogP contribution in [-0.4, -0.2) is 4.57 Å². The summed E-state index contributed by atoms with van der Waals surface area (Å²) in [6.45, 7) is 0. The first-order valence-corrected chi connectivity index (χ1v) is 12.1. The van der Waals surface area contributed by atoms with E-state index in [4.69, 9.17) is 4.42 Å². The van der Waals surface area contributed by atoms with Crippen LogP contribution in [0, 0.1) is 22.7 Å². The summed E-state index contributed by atoms with van der Waals surface area (Å²) in [5.41, 5.74) is 7.91. The van der Waals surface area contributed by atoms with Crippen molar-refractivity contribution >= 4 is 43.7 Å². The quantitative estimate of drug-likeness (QED) is 0.261. The topological polar surface area (TPSA) is 65.7 Å². The largest absolute Gasteiger partial charge is 0.456 e. The Balaban J connectivity index is 1.57. The number of hydrogen-bond acceptors (Lipinski definition) is 3. The fraction of sp³-hybridized carbons (Fsp3) is 0.0303. The zero-order valence-electron chi connectivity index (χ0n) is 19.8. The lowest BCUT2D eigenvalue weighted by Gasteiger charge is -2.15. The van der Waals surface area contributed by atoms with Crippen molar-refractivity contribution in [1.29, 1.82) is 10.5 Å². The molecule has 0 saturated carbocycles. The second-order valence-electron chi connectivity index (χ2n) is 9.26. The number of nitrogens with zero attached hydrogens (tertiary/aromatic N) is 3. The van der Waals surface area contributed by atoms with Gasteiger partial charge >= 0.3 is 0 Å². The molecule has 4 heteroatoms. The fourth-order valence-corrected chi connectivity index (χ4v) is 5.48. The molecule has 0 atom stereocenters. The van der Waals surface area contributed by atoms with Gasteiger partial charge in [-0.1, -0.05) is 54.6 Å². The Bertz CT molecular complexity index is 2010. The van der Waals surface area contributed by atoms with Gasteiger partial charge in [0, 0.05) is 27.6 Å². The monoisotopic (exact) mass is 473 g/mol. The molecule has 4 nitrogen and oxygen atoms in total. The predicted molar refractivity (Wildman–Crippen MR) is 147 cm³/mol. The first kappa shape index (κ1) is 21.0. The Hall–Kier alpha value is -5.32. The van der Waals surface area contributed by atoms with Gasteiger partial charge in [-0.2, -0.15) is 10.5 Å². The summed E-state index contributed by atoms with van der Waals surface area (Å²) < 4.78 is 8.59. The summed E-state index contributed by atoms with van der Waals surface area (Å²) in [6, 6.07) is 39.0. The van der Waals surface area contributed by atoms with Crippen LogP contribution in [-0.2, 0) is 6.42 Å². The molecule has 7 rings (SSSR count). The molecule has 0 amide bonds. The van der Waals surface area contributed by atoms with E-state index in [1.165, 1.54) is 10.8 Å². The van der Waals surface area contributed by atoms with Crippen molar-refractivity contribution in [3.05, 3.63) is 125 Å². The normalized spacial score (nSPS) is 11.3. The molecule has 0 fully saturated rings. The van der Waals surface area contributed by atoms with Crippen molar-refractivity contribution < 1.29 is 4.42 Å². The summed E-state index contributed by atoms with van der Waals surface area (Å²) in [5.74, 6) is 0. The number of furan rings is 1. The highest BCUT2D eigenvalue weighted by molar-refractivity contribution is 6.10. The Labute approximate surface area is 212 Å². The predicted octanol–water partition coefficient (Wildman–Crippen LogP) is 8.02. The molecule has 0 N–H and O–H groups in total. The molecule has 7 aromatic rings. The molecule has 2 aromatic heterocycles. The number of rotatable bonds is 3. The number of aromatic nitrogens is 1. The van der Waals surface area contributed by atoms with E-state index in [1.807, 2.05) is 30.3 Å². The van der Waals surface area contributed by atoms with Crippen molar-refractivity contribution in [3.63, 3.8) is 0 Å². The van der Waals surface area contributed by atoms with Crippen LogP contribution < -0.4 is 0 Å². The minimum atomic E-state index is 0.488. The molecule has 0 aliphatic carbocycles. The molecule has 0 radical (unpaired) electrons. The average Bonchev–Trinajstić information content (AvgIpc) is 3.47.